The molecule has 3 heteroatoms. The van der Waals surface area contributed by atoms with Crippen molar-refractivity contribution in [3.63, 3.8) is 0 Å². The Morgan fingerprint density at radius 2 is 2.44 bits per heavy atom. The van der Waals surface area contributed by atoms with E-state index in [1.165, 1.54) is 0 Å². The highest BCUT2D eigenvalue weighted by molar-refractivity contribution is 5.84. The average Bonchev–Trinajstić information content (AvgIpc) is 2.13. The highest BCUT2D eigenvalue weighted by Crippen LogP contribution is 1.84. The van der Waals surface area contributed by atoms with Gasteiger partial charge in [-0.2, -0.15) is 0 Å². The van der Waals surface area contributed by atoms with E-state index in [1.807, 2.05) is 6.08 Å². The molecule has 3 nitrogen and oxygen atoms in total. The molecule has 9 heavy (non-hydrogen) atoms. The Morgan fingerprint density at radius 1 is 1.56 bits per heavy atom. The third-order valence-corrected chi connectivity index (χ3v) is 0.923. The molecule has 0 aromatic carbocycles. The van der Waals surface area contributed by atoms with Crippen LogP contribution in [0.25, 0.3) is 0 Å². The van der Waals surface area contributed by atoms with E-state index in [0.717, 1.165) is 0 Å². The Morgan fingerprint density at radius 3 is 3.22 bits per heavy atom. The van der Waals surface area contributed by atoms with E-state index in [2.05, 4.69) is 10.3 Å². The van der Waals surface area contributed by atoms with E-state index in [1.54, 1.807) is 18.5 Å². The first kappa shape index (κ1) is 6.04. The summed E-state index contributed by atoms with van der Waals surface area (Å²) >= 11 is 0. The molecular formula is C6H8N2O. The first-order chi connectivity index (χ1) is 4.43. The molecule has 1 aliphatic rings. The molecule has 0 saturated carbocycles. The van der Waals surface area contributed by atoms with Gasteiger partial charge in [-0.15, -0.1) is 0 Å². The van der Waals surface area contributed by atoms with Crippen LogP contribution in [0.1, 0.15) is 0 Å². The van der Waals surface area contributed by atoms with E-state index in [0.29, 0.717) is 5.84 Å². The molecule has 0 unspecified atom stereocenters. The Balaban J connectivity index is 2.62. The van der Waals surface area contributed by atoms with E-state index in [4.69, 9.17) is 5.11 Å². The maximum atomic E-state index is 8.55. The highest BCUT2D eigenvalue weighted by Gasteiger charge is 1.90. The molecule has 0 aliphatic carbocycles. The maximum absolute atomic E-state index is 8.55. The summed E-state index contributed by atoms with van der Waals surface area (Å²) in [7, 11) is 0. The van der Waals surface area contributed by atoms with E-state index < -0.39 is 0 Å². The third-order valence-electron chi connectivity index (χ3n) is 0.923. The summed E-state index contributed by atoms with van der Waals surface area (Å²) in [5.41, 5.74) is 0. The molecule has 1 rings (SSSR count). The lowest BCUT2D eigenvalue weighted by atomic mass is 10.6. The summed E-state index contributed by atoms with van der Waals surface area (Å²) in [6.07, 6.45) is 6.95. The topological polar surface area (TPSA) is 44.6 Å². The number of hydrogen-bond acceptors (Lipinski definition) is 3. The number of aliphatic imine (C=N–C) groups is 1. The third kappa shape index (κ3) is 1.70. The Kier molecular flexibility index (Phi) is 2.04. The molecule has 0 amide bonds. The van der Waals surface area contributed by atoms with Gasteiger partial charge in [0.1, 0.15) is 12.4 Å². The van der Waals surface area contributed by atoms with Crippen molar-refractivity contribution in [1.29, 1.82) is 0 Å². The number of aliphatic hydroxyl groups is 1. The predicted molar refractivity (Wildman–Crippen MR) is 35.9 cm³/mol. The Labute approximate surface area is 53.4 Å². The molecule has 1 aliphatic heterocycles. The first-order valence-corrected chi connectivity index (χ1v) is 2.69. The van der Waals surface area contributed by atoms with Crippen LogP contribution < -0.4 is 5.32 Å². The molecule has 0 atom stereocenters. The minimum Gasteiger partial charge on any atom is -0.388 e. The van der Waals surface area contributed by atoms with Crippen molar-refractivity contribution in [3.05, 3.63) is 24.6 Å². The number of amidine groups is 1. The summed E-state index contributed by atoms with van der Waals surface area (Å²) in [6, 6.07) is 0. The van der Waals surface area contributed by atoms with Crippen molar-refractivity contribution in [1.82, 2.24) is 5.32 Å². The number of aliphatic hydroxyl groups excluding tert-OH is 1. The van der Waals surface area contributed by atoms with Crippen molar-refractivity contribution in [2.24, 2.45) is 4.99 Å². The molecule has 0 spiro atoms. The lowest BCUT2D eigenvalue weighted by Gasteiger charge is -1.96. The van der Waals surface area contributed by atoms with Gasteiger partial charge in [0.05, 0.1) is 0 Å². The monoisotopic (exact) mass is 124 g/mol. The van der Waals surface area contributed by atoms with Gasteiger partial charge in [0, 0.05) is 12.4 Å². The second kappa shape index (κ2) is 3.04. The zero-order valence-corrected chi connectivity index (χ0v) is 4.91. The Hall–Kier alpha value is -1.09. The van der Waals surface area contributed by atoms with Crippen molar-refractivity contribution >= 4 is 5.84 Å². The van der Waals surface area contributed by atoms with Gasteiger partial charge in [-0.3, -0.25) is 0 Å². The fourth-order valence-electron chi connectivity index (χ4n) is 0.506. The summed E-state index contributed by atoms with van der Waals surface area (Å²) in [5, 5.41) is 11.3. The molecule has 0 radical (unpaired) electrons. The van der Waals surface area contributed by atoms with Crippen LogP contribution in [-0.2, 0) is 0 Å². The van der Waals surface area contributed by atoms with Gasteiger partial charge < -0.3 is 10.4 Å². The molecule has 0 aromatic heterocycles. The minimum atomic E-state index is -0.0469. The van der Waals surface area contributed by atoms with Gasteiger partial charge in [0.2, 0.25) is 0 Å². The number of nitrogens with zero attached hydrogens (tertiary/aromatic N) is 1. The van der Waals surface area contributed by atoms with Crippen LogP contribution in [0, 0.1) is 0 Å². The van der Waals surface area contributed by atoms with Crippen LogP contribution in [0.2, 0.25) is 0 Å². The van der Waals surface area contributed by atoms with Crippen LogP contribution in [0.4, 0.5) is 0 Å². The normalized spacial score (nSPS) is 16.3. The van der Waals surface area contributed by atoms with Crippen LogP contribution >= 0.6 is 0 Å². The molecule has 2 N–H and O–H groups in total. The largest absolute Gasteiger partial charge is 0.388 e. The molecule has 0 aromatic rings. The first-order valence-electron chi connectivity index (χ1n) is 2.69. The molecule has 0 fully saturated rings. The van der Waals surface area contributed by atoms with Crippen molar-refractivity contribution in [2.45, 2.75) is 0 Å². The van der Waals surface area contributed by atoms with Gasteiger partial charge in [0.25, 0.3) is 0 Å². The van der Waals surface area contributed by atoms with Crippen LogP contribution in [-0.4, -0.2) is 17.5 Å². The van der Waals surface area contributed by atoms with E-state index >= 15 is 0 Å². The summed E-state index contributed by atoms with van der Waals surface area (Å²) in [6.45, 7) is -0.0469. The van der Waals surface area contributed by atoms with Gasteiger partial charge in [-0.25, -0.2) is 4.99 Å². The summed E-state index contributed by atoms with van der Waals surface area (Å²) < 4.78 is 0. The second-order valence-electron chi connectivity index (χ2n) is 1.58. The van der Waals surface area contributed by atoms with E-state index in [-0.39, 0.29) is 6.61 Å². The van der Waals surface area contributed by atoms with Gasteiger partial charge >= 0.3 is 0 Å². The molecule has 48 valence electrons. The predicted octanol–water partition coefficient (Wildman–Crippen LogP) is 0.00780. The van der Waals surface area contributed by atoms with Gasteiger partial charge in [-0.1, -0.05) is 0 Å². The van der Waals surface area contributed by atoms with Gasteiger partial charge in [0.15, 0.2) is 0 Å². The zero-order chi connectivity index (χ0) is 6.53. The second-order valence-corrected chi connectivity index (χ2v) is 1.58. The standard InChI is InChI=1S/C6H8N2O/c9-5-6-7-3-1-2-4-8-6/h1-4,9H,5H2,(H,7,8). The smallest absolute Gasteiger partial charge is 0.131 e. The number of rotatable bonds is 1. The molecule has 1 heterocycles. The van der Waals surface area contributed by atoms with E-state index in [9.17, 15) is 0 Å². The fraction of sp³-hybridized carbons (Fsp3) is 0.167. The molecule has 0 bridgehead atoms. The summed E-state index contributed by atoms with van der Waals surface area (Å²) in [5.74, 6) is 0.569. The molecular weight excluding hydrogens is 116 g/mol. The summed E-state index contributed by atoms with van der Waals surface area (Å²) in [4.78, 5) is 3.85. The average molecular weight is 124 g/mol. The quantitative estimate of drug-likeness (QED) is 0.517. The van der Waals surface area contributed by atoms with Crippen molar-refractivity contribution < 1.29 is 5.11 Å². The molecule has 0 saturated heterocycles. The van der Waals surface area contributed by atoms with Crippen LogP contribution in [0.5, 0.6) is 0 Å². The lowest BCUT2D eigenvalue weighted by Crippen LogP contribution is -2.20. The fourth-order valence-corrected chi connectivity index (χ4v) is 0.506. The maximum Gasteiger partial charge on any atom is 0.131 e. The van der Waals surface area contributed by atoms with Crippen molar-refractivity contribution in [2.75, 3.05) is 6.61 Å². The minimum absolute atomic E-state index is 0.0469. The SMILES string of the molecule is OCC1=NC=CC=CN1. The lowest BCUT2D eigenvalue weighted by molar-refractivity contribution is 0.354. The van der Waals surface area contributed by atoms with Crippen molar-refractivity contribution in [3.8, 4) is 0 Å². The highest BCUT2D eigenvalue weighted by atomic mass is 16.3. The van der Waals surface area contributed by atoms with Gasteiger partial charge in [-0.05, 0) is 12.2 Å². The Bertz CT molecular complexity index is 170. The number of allylic oxidation sites excluding steroid dienone is 2. The number of nitrogens with one attached hydrogen (secondary N) is 1. The number of hydrogen-bond donors (Lipinski definition) is 2. The zero-order valence-electron chi connectivity index (χ0n) is 4.91. The van der Waals surface area contributed by atoms with Crippen LogP contribution in [0.3, 0.4) is 0 Å². The van der Waals surface area contributed by atoms with Crippen LogP contribution in [0.15, 0.2) is 29.5 Å².